The average molecular weight is 206 g/mol. The summed E-state index contributed by atoms with van der Waals surface area (Å²) in [4.78, 5) is 11.9. The molecule has 0 N–H and O–H groups in total. The maximum Gasteiger partial charge on any atom is 0.171 e. The predicted molar refractivity (Wildman–Crippen MR) is 56.6 cm³/mol. The van der Waals surface area contributed by atoms with Crippen molar-refractivity contribution in [2.75, 3.05) is 14.2 Å². The number of ether oxygens (including phenoxy) is 2. The summed E-state index contributed by atoms with van der Waals surface area (Å²) < 4.78 is 10.4. The number of ketones is 1. The predicted octanol–water partition coefficient (Wildman–Crippen LogP) is 2.30. The van der Waals surface area contributed by atoms with Crippen molar-refractivity contribution in [1.29, 1.82) is 0 Å². The monoisotopic (exact) mass is 206 g/mol. The zero-order chi connectivity index (χ0) is 10.8. The molecule has 3 heteroatoms. The van der Waals surface area contributed by atoms with Gasteiger partial charge in [-0.25, -0.2) is 0 Å². The number of para-hydroxylation sites is 1. The lowest BCUT2D eigenvalue weighted by Crippen LogP contribution is -2.05. The quantitative estimate of drug-likeness (QED) is 0.709. The molecule has 1 fully saturated rings. The van der Waals surface area contributed by atoms with Crippen LogP contribution in [0.1, 0.15) is 23.2 Å². The van der Waals surface area contributed by atoms with Gasteiger partial charge in [-0.2, -0.15) is 0 Å². The van der Waals surface area contributed by atoms with E-state index in [4.69, 9.17) is 9.47 Å². The van der Waals surface area contributed by atoms with Crippen LogP contribution in [-0.2, 0) is 0 Å². The van der Waals surface area contributed by atoms with Gasteiger partial charge in [-0.05, 0) is 25.0 Å². The summed E-state index contributed by atoms with van der Waals surface area (Å²) >= 11 is 0. The van der Waals surface area contributed by atoms with E-state index in [1.807, 2.05) is 6.07 Å². The molecule has 1 aliphatic rings. The second kappa shape index (κ2) is 3.93. The van der Waals surface area contributed by atoms with Gasteiger partial charge in [0.25, 0.3) is 0 Å². The Hall–Kier alpha value is -1.51. The van der Waals surface area contributed by atoms with Crippen molar-refractivity contribution in [3.63, 3.8) is 0 Å². The van der Waals surface area contributed by atoms with Crippen LogP contribution in [0.5, 0.6) is 11.5 Å². The summed E-state index contributed by atoms with van der Waals surface area (Å²) in [5.74, 6) is 1.54. The molecule has 0 unspecified atom stereocenters. The van der Waals surface area contributed by atoms with Crippen LogP contribution in [0.25, 0.3) is 0 Å². The van der Waals surface area contributed by atoms with E-state index in [1.165, 1.54) is 0 Å². The molecule has 0 radical (unpaired) electrons. The lowest BCUT2D eigenvalue weighted by Gasteiger charge is -2.11. The first-order chi connectivity index (χ1) is 7.27. The number of Topliss-reactive ketones (excluding diaryl/α,β-unsaturated/α-hetero) is 1. The van der Waals surface area contributed by atoms with Crippen LogP contribution in [0.4, 0.5) is 0 Å². The van der Waals surface area contributed by atoms with E-state index in [2.05, 4.69) is 0 Å². The molecule has 3 nitrogen and oxygen atoms in total. The van der Waals surface area contributed by atoms with Gasteiger partial charge in [-0.15, -0.1) is 0 Å². The number of carbonyl (C=O) groups excluding carboxylic acids is 1. The number of rotatable bonds is 4. The van der Waals surface area contributed by atoms with E-state index in [1.54, 1.807) is 26.4 Å². The van der Waals surface area contributed by atoms with Gasteiger partial charge in [0.15, 0.2) is 17.3 Å². The summed E-state index contributed by atoms with van der Waals surface area (Å²) in [7, 11) is 3.13. The Labute approximate surface area is 89.0 Å². The van der Waals surface area contributed by atoms with Gasteiger partial charge >= 0.3 is 0 Å². The molecular formula is C12H14O3. The van der Waals surface area contributed by atoms with Gasteiger partial charge in [0.05, 0.1) is 19.8 Å². The molecule has 1 saturated carbocycles. The van der Waals surface area contributed by atoms with Gasteiger partial charge in [-0.1, -0.05) is 6.07 Å². The Morgan fingerprint density at radius 2 is 2.00 bits per heavy atom. The number of carbonyl (C=O) groups is 1. The van der Waals surface area contributed by atoms with Gasteiger partial charge in [0.2, 0.25) is 0 Å². The smallest absolute Gasteiger partial charge is 0.171 e. The highest BCUT2D eigenvalue weighted by molar-refractivity contribution is 6.02. The Balaban J connectivity index is 2.40. The van der Waals surface area contributed by atoms with Gasteiger partial charge in [0.1, 0.15) is 0 Å². The first kappa shape index (κ1) is 10.0. The lowest BCUT2D eigenvalue weighted by molar-refractivity contribution is 0.0964. The number of methoxy groups -OCH3 is 2. The van der Waals surface area contributed by atoms with E-state index < -0.39 is 0 Å². The molecule has 15 heavy (non-hydrogen) atoms. The average Bonchev–Trinajstić information content (AvgIpc) is 3.10. The minimum atomic E-state index is 0.172. The summed E-state index contributed by atoms with van der Waals surface area (Å²) in [6, 6.07) is 5.40. The Morgan fingerprint density at radius 3 is 2.53 bits per heavy atom. The van der Waals surface area contributed by atoms with Crippen LogP contribution in [-0.4, -0.2) is 20.0 Å². The van der Waals surface area contributed by atoms with E-state index in [9.17, 15) is 4.79 Å². The zero-order valence-corrected chi connectivity index (χ0v) is 8.95. The normalized spacial score (nSPS) is 14.8. The topological polar surface area (TPSA) is 35.5 Å². The first-order valence-electron chi connectivity index (χ1n) is 5.03. The van der Waals surface area contributed by atoms with Gasteiger partial charge in [0, 0.05) is 5.92 Å². The van der Waals surface area contributed by atoms with Crippen molar-refractivity contribution >= 4 is 5.78 Å². The number of hydrogen-bond donors (Lipinski definition) is 0. The number of benzene rings is 1. The van der Waals surface area contributed by atoms with E-state index in [0.717, 1.165) is 12.8 Å². The Kier molecular flexibility index (Phi) is 2.62. The molecule has 0 bridgehead atoms. The van der Waals surface area contributed by atoms with Crippen molar-refractivity contribution in [2.45, 2.75) is 12.8 Å². The fourth-order valence-corrected chi connectivity index (χ4v) is 1.65. The maximum absolute atomic E-state index is 11.9. The third-order valence-electron chi connectivity index (χ3n) is 2.62. The highest BCUT2D eigenvalue weighted by Gasteiger charge is 2.32. The van der Waals surface area contributed by atoms with Crippen molar-refractivity contribution in [3.05, 3.63) is 23.8 Å². The number of hydrogen-bond acceptors (Lipinski definition) is 3. The maximum atomic E-state index is 11.9. The Bertz CT molecular complexity index is 380. The minimum absolute atomic E-state index is 0.172. The molecular weight excluding hydrogens is 192 g/mol. The largest absolute Gasteiger partial charge is 0.493 e. The lowest BCUT2D eigenvalue weighted by atomic mass is 10.1. The summed E-state index contributed by atoms with van der Waals surface area (Å²) in [6.45, 7) is 0. The third-order valence-corrected chi connectivity index (χ3v) is 2.62. The molecule has 0 saturated heterocycles. The van der Waals surface area contributed by atoms with Crippen LogP contribution in [0, 0.1) is 5.92 Å². The summed E-state index contributed by atoms with van der Waals surface area (Å²) in [6.07, 6.45) is 2.00. The third kappa shape index (κ3) is 1.82. The summed E-state index contributed by atoms with van der Waals surface area (Å²) in [5.41, 5.74) is 0.638. The van der Waals surface area contributed by atoms with E-state index in [-0.39, 0.29) is 11.7 Å². The SMILES string of the molecule is COc1cccc(C(=O)C2CC2)c1OC. The molecule has 0 amide bonds. The fourth-order valence-electron chi connectivity index (χ4n) is 1.65. The van der Waals surface area contributed by atoms with Gasteiger partial charge in [-0.3, -0.25) is 4.79 Å². The Morgan fingerprint density at radius 1 is 1.27 bits per heavy atom. The molecule has 0 aromatic heterocycles. The van der Waals surface area contributed by atoms with Crippen molar-refractivity contribution in [2.24, 2.45) is 5.92 Å². The van der Waals surface area contributed by atoms with Crippen molar-refractivity contribution in [1.82, 2.24) is 0 Å². The van der Waals surface area contributed by atoms with Crippen LogP contribution in [0.3, 0.4) is 0 Å². The fraction of sp³-hybridized carbons (Fsp3) is 0.417. The zero-order valence-electron chi connectivity index (χ0n) is 8.95. The molecule has 1 aliphatic carbocycles. The summed E-state index contributed by atoms with van der Waals surface area (Å²) in [5, 5.41) is 0. The standard InChI is InChI=1S/C12H14O3/c1-14-10-5-3-4-9(12(10)15-2)11(13)8-6-7-8/h3-5,8H,6-7H2,1-2H3. The van der Waals surface area contributed by atoms with Crippen LogP contribution in [0.15, 0.2) is 18.2 Å². The van der Waals surface area contributed by atoms with Crippen LogP contribution >= 0.6 is 0 Å². The highest BCUT2D eigenvalue weighted by Crippen LogP contribution is 2.38. The first-order valence-corrected chi connectivity index (χ1v) is 5.03. The molecule has 0 spiro atoms. The molecule has 0 atom stereocenters. The molecule has 2 rings (SSSR count). The molecule has 0 heterocycles. The molecule has 1 aromatic carbocycles. The second-order valence-corrected chi connectivity index (χ2v) is 3.68. The molecule has 0 aliphatic heterocycles. The molecule has 1 aromatic rings. The van der Waals surface area contributed by atoms with E-state index >= 15 is 0 Å². The van der Waals surface area contributed by atoms with E-state index in [0.29, 0.717) is 17.1 Å². The molecule has 80 valence electrons. The second-order valence-electron chi connectivity index (χ2n) is 3.68. The highest BCUT2D eigenvalue weighted by atomic mass is 16.5. The van der Waals surface area contributed by atoms with Crippen molar-refractivity contribution in [3.8, 4) is 11.5 Å². The minimum Gasteiger partial charge on any atom is -0.493 e. The van der Waals surface area contributed by atoms with Crippen molar-refractivity contribution < 1.29 is 14.3 Å². The van der Waals surface area contributed by atoms with Gasteiger partial charge < -0.3 is 9.47 Å². The van der Waals surface area contributed by atoms with Crippen LogP contribution < -0.4 is 9.47 Å². The van der Waals surface area contributed by atoms with Crippen LogP contribution in [0.2, 0.25) is 0 Å².